The first-order chi connectivity index (χ1) is 11.1. The van der Waals surface area contributed by atoms with Gasteiger partial charge in [-0.1, -0.05) is 12.1 Å². The molecular weight excluding hydrogens is 315 g/mol. The van der Waals surface area contributed by atoms with Gasteiger partial charge in [0.05, 0.1) is 14.2 Å². The lowest BCUT2D eigenvalue weighted by Crippen LogP contribution is -1.96. The van der Waals surface area contributed by atoms with Gasteiger partial charge in [-0.05, 0) is 48.2 Å². The molecule has 0 aliphatic rings. The van der Waals surface area contributed by atoms with Gasteiger partial charge in [0, 0.05) is 10.5 Å². The molecule has 0 amide bonds. The van der Waals surface area contributed by atoms with Crippen LogP contribution in [0.2, 0.25) is 0 Å². The van der Waals surface area contributed by atoms with E-state index in [0.29, 0.717) is 16.9 Å². The van der Waals surface area contributed by atoms with Gasteiger partial charge in [0.25, 0.3) is 0 Å². The van der Waals surface area contributed by atoms with Crippen molar-refractivity contribution in [3.05, 3.63) is 59.4 Å². The summed E-state index contributed by atoms with van der Waals surface area (Å²) in [6.07, 6.45) is 4.92. The van der Waals surface area contributed by atoms with E-state index in [1.54, 1.807) is 43.1 Å². The van der Waals surface area contributed by atoms with E-state index in [4.69, 9.17) is 9.47 Å². The summed E-state index contributed by atoms with van der Waals surface area (Å²) in [5.41, 5.74) is 1.11. The van der Waals surface area contributed by atoms with Gasteiger partial charge in [0.2, 0.25) is 0 Å². The fourth-order valence-corrected chi connectivity index (χ4v) is 2.59. The van der Waals surface area contributed by atoms with Crippen molar-refractivity contribution in [2.24, 2.45) is 0 Å². The summed E-state index contributed by atoms with van der Waals surface area (Å²) < 4.78 is 23.7. The second kappa shape index (κ2) is 7.83. The van der Waals surface area contributed by atoms with Gasteiger partial charge in [-0.15, -0.1) is 11.8 Å². The number of carbonyl (C=O) groups excluding carboxylic acids is 1. The quantitative estimate of drug-likeness (QED) is 0.444. The number of allylic oxidation sites excluding steroid dienone is 1. The maximum Gasteiger partial charge on any atom is 0.185 e. The lowest BCUT2D eigenvalue weighted by Gasteiger charge is -2.07. The first kappa shape index (κ1) is 17.1. The summed E-state index contributed by atoms with van der Waals surface area (Å²) in [6.45, 7) is 0. The van der Waals surface area contributed by atoms with Gasteiger partial charge in [0.1, 0.15) is 5.75 Å². The monoisotopic (exact) mass is 332 g/mol. The van der Waals surface area contributed by atoms with E-state index in [1.807, 2.05) is 12.3 Å². The van der Waals surface area contributed by atoms with Gasteiger partial charge in [-0.2, -0.15) is 0 Å². The zero-order valence-electron chi connectivity index (χ0n) is 13.1. The first-order valence-corrected chi connectivity index (χ1v) is 8.09. The minimum Gasteiger partial charge on any atom is -0.496 e. The van der Waals surface area contributed by atoms with Gasteiger partial charge in [-0.25, -0.2) is 4.39 Å². The molecule has 0 atom stereocenters. The van der Waals surface area contributed by atoms with Gasteiger partial charge in [-0.3, -0.25) is 4.79 Å². The minimum atomic E-state index is -0.465. The second-order valence-corrected chi connectivity index (χ2v) is 5.51. The SMILES string of the molecule is COc1ccc(/C=C/C(=O)c2ccc(SC)c(OC)c2)cc1F. The van der Waals surface area contributed by atoms with E-state index in [2.05, 4.69) is 0 Å². The van der Waals surface area contributed by atoms with Crippen molar-refractivity contribution in [3.63, 3.8) is 0 Å². The highest BCUT2D eigenvalue weighted by Gasteiger charge is 2.08. The van der Waals surface area contributed by atoms with Crippen LogP contribution in [-0.2, 0) is 0 Å². The number of hydrogen-bond donors (Lipinski definition) is 0. The molecule has 2 rings (SSSR count). The zero-order valence-corrected chi connectivity index (χ0v) is 13.9. The van der Waals surface area contributed by atoms with Crippen LogP contribution < -0.4 is 9.47 Å². The summed E-state index contributed by atoms with van der Waals surface area (Å²) in [4.78, 5) is 13.2. The number of thioether (sulfide) groups is 1. The Kier molecular flexibility index (Phi) is 5.82. The molecule has 2 aromatic rings. The molecule has 0 saturated heterocycles. The van der Waals surface area contributed by atoms with Crippen LogP contribution in [0.25, 0.3) is 6.08 Å². The van der Waals surface area contributed by atoms with Crippen LogP contribution in [0.15, 0.2) is 47.4 Å². The molecule has 0 bridgehead atoms. The Morgan fingerprint density at radius 2 is 1.83 bits per heavy atom. The zero-order chi connectivity index (χ0) is 16.8. The number of benzene rings is 2. The van der Waals surface area contributed by atoms with Crippen LogP contribution in [0.5, 0.6) is 11.5 Å². The van der Waals surface area contributed by atoms with E-state index in [1.165, 1.54) is 25.3 Å². The molecule has 0 unspecified atom stereocenters. The smallest absolute Gasteiger partial charge is 0.185 e. The molecule has 3 nitrogen and oxygen atoms in total. The molecule has 120 valence electrons. The predicted octanol–water partition coefficient (Wildman–Crippen LogP) is 4.46. The van der Waals surface area contributed by atoms with E-state index in [-0.39, 0.29) is 11.5 Å². The number of halogens is 1. The molecule has 0 aliphatic heterocycles. The van der Waals surface area contributed by atoms with Crippen LogP contribution >= 0.6 is 11.8 Å². The van der Waals surface area contributed by atoms with Crippen LogP contribution in [0.1, 0.15) is 15.9 Å². The van der Waals surface area contributed by atoms with E-state index in [9.17, 15) is 9.18 Å². The maximum atomic E-state index is 13.6. The minimum absolute atomic E-state index is 0.172. The molecule has 0 fully saturated rings. The van der Waals surface area contributed by atoms with Crippen LogP contribution in [0, 0.1) is 5.82 Å². The molecule has 5 heteroatoms. The van der Waals surface area contributed by atoms with E-state index >= 15 is 0 Å². The molecular formula is C18H17FO3S. The van der Waals surface area contributed by atoms with Crippen molar-refractivity contribution >= 4 is 23.6 Å². The molecule has 0 radical (unpaired) electrons. The molecule has 0 aromatic heterocycles. The fraction of sp³-hybridized carbons (Fsp3) is 0.167. The van der Waals surface area contributed by atoms with Crippen LogP contribution in [-0.4, -0.2) is 26.3 Å². The number of rotatable bonds is 6. The lowest BCUT2D eigenvalue weighted by atomic mass is 10.1. The number of hydrogen-bond acceptors (Lipinski definition) is 4. The normalized spacial score (nSPS) is 10.8. The Morgan fingerprint density at radius 1 is 1.09 bits per heavy atom. The average molecular weight is 332 g/mol. The largest absolute Gasteiger partial charge is 0.496 e. The van der Waals surface area contributed by atoms with Crippen molar-refractivity contribution in [2.45, 2.75) is 4.90 Å². The van der Waals surface area contributed by atoms with E-state index in [0.717, 1.165) is 4.90 Å². The summed E-state index contributed by atoms with van der Waals surface area (Å²) in [5, 5.41) is 0. The Hall–Kier alpha value is -2.27. The molecule has 0 aliphatic carbocycles. The third-order valence-electron chi connectivity index (χ3n) is 3.27. The first-order valence-electron chi connectivity index (χ1n) is 6.87. The summed E-state index contributed by atoms with van der Waals surface area (Å²) in [6, 6.07) is 9.82. The molecule has 0 spiro atoms. The Morgan fingerprint density at radius 3 is 2.43 bits per heavy atom. The molecule has 2 aromatic carbocycles. The van der Waals surface area contributed by atoms with Crippen molar-refractivity contribution in [1.82, 2.24) is 0 Å². The second-order valence-electron chi connectivity index (χ2n) is 4.66. The highest BCUT2D eigenvalue weighted by Crippen LogP contribution is 2.28. The fourth-order valence-electron chi connectivity index (χ4n) is 2.04. The molecule has 23 heavy (non-hydrogen) atoms. The Labute approximate surface area is 139 Å². The van der Waals surface area contributed by atoms with Crippen molar-refractivity contribution < 1.29 is 18.7 Å². The summed E-state index contributed by atoms with van der Waals surface area (Å²) >= 11 is 1.55. The summed E-state index contributed by atoms with van der Waals surface area (Å²) in [5.74, 6) is 0.193. The number of methoxy groups -OCH3 is 2. The lowest BCUT2D eigenvalue weighted by molar-refractivity contribution is 0.104. The number of ether oxygens (including phenoxy) is 2. The third-order valence-corrected chi connectivity index (χ3v) is 4.05. The number of ketones is 1. The standard InChI is InChI=1S/C18H17FO3S/c1-21-16-8-5-12(10-14(16)19)4-7-15(20)13-6-9-18(23-3)17(11-13)22-2/h4-11H,1-3H3/b7-4+. The molecule has 0 N–H and O–H groups in total. The van der Waals surface area contributed by atoms with Crippen molar-refractivity contribution in [1.29, 1.82) is 0 Å². The van der Waals surface area contributed by atoms with Gasteiger partial charge >= 0.3 is 0 Å². The van der Waals surface area contributed by atoms with Crippen LogP contribution in [0.3, 0.4) is 0 Å². The van der Waals surface area contributed by atoms with Gasteiger partial charge < -0.3 is 9.47 Å². The highest BCUT2D eigenvalue weighted by molar-refractivity contribution is 7.98. The maximum absolute atomic E-state index is 13.6. The topological polar surface area (TPSA) is 35.5 Å². The average Bonchev–Trinajstić information content (AvgIpc) is 2.59. The predicted molar refractivity (Wildman–Crippen MR) is 91.1 cm³/mol. The highest BCUT2D eigenvalue weighted by atomic mass is 32.2. The van der Waals surface area contributed by atoms with Crippen molar-refractivity contribution in [2.75, 3.05) is 20.5 Å². The Bertz CT molecular complexity index is 741. The summed E-state index contributed by atoms with van der Waals surface area (Å²) in [7, 11) is 2.97. The van der Waals surface area contributed by atoms with E-state index < -0.39 is 5.82 Å². The number of carbonyl (C=O) groups is 1. The Balaban J connectivity index is 2.19. The van der Waals surface area contributed by atoms with Crippen LogP contribution in [0.4, 0.5) is 4.39 Å². The third kappa shape index (κ3) is 4.13. The molecule has 0 heterocycles. The molecule has 0 saturated carbocycles. The van der Waals surface area contributed by atoms with Gasteiger partial charge in [0.15, 0.2) is 17.3 Å². The van der Waals surface area contributed by atoms with Crippen molar-refractivity contribution in [3.8, 4) is 11.5 Å².